The third kappa shape index (κ3) is 3.75. The molecule has 1 aromatic carbocycles. The Labute approximate surface area is 151 Å². The number of fused-ring (bicyclic) bond motifs is 1. The van der Waals surface area contributed by atoms with E-state index in [0.717, 1.165) is 20.1 Å². The second-order valence-corrected chi connectivity index (χ2v) is 7.40. The summed E-state index contributed by atoms with van der Waals surface area (Å²) in [6, 6.07) is 11.8. The second kappa shape index (κ2) is 7.12. The summed E-state index contributed by atoms with van der Waals surface area (Å²) in [4.78, 5) is 21.8. The van der Waals surface area contributed by atoms with Gasteiger partial charge in [0.15, 0.2) is 0 Å². The van der Waals surface area contributed by atoms with Gasteiger partial charge in [0.05, 0.1) is 21.6 Å². The summed E-state index contributed by atoms with van der Waals surface area (Å²) < 4.78 is 6.32. The molecule has 0 saturated carbocycles. The normalized spacial score (nSPS) is 11.0. The minimum absolute atomic E-state index is 0.0601. The highest BCUT2D eigenvalue weighted by atomic mass is 32.1. The van der Waals surface area contributed by atoms with Crippen molar-refractivity contribution in [2.75, 3.05) is 0 Å². The first-order chi connectivity index (χ1) is 12.3. The maximum atomic E-state index is 12.0. The van der Waals surface area contributed by atoms with E-state index in [9.17, 15) is 4.79 Å². The molecular weight excluding hydrogens is 356 g/mol. The number of aromatic nitrogens is 3. The number of amides is 1. The Bertz CT molecular complexity index is 958. The molecule has 1 amide bonds. The van der Waals surface area contributed by atoms with E-state index in [1.165, 1.54) is 0 Å². The molecule has 0 spiro atoms. The van der Waals surface area contributed by atoms with Crippen LogP contribution in [0.5, 0.6) is 0 Å². The Morgan fingerprint density at radius 2 is 2.08 bits per heavy atom. The zero-order valence-electron chi connectivity index (χ0n) is 13.1. The van der Waals surface area contributed by atoms with Crippen molar-refractivity contribution in [2.24, 2.45) is 0 Å². The summed E-state index contributed by atoms with van der Waals surface area (Å²) in [5, 5.41) is 9.68. The van der Waals surface area contributed by atoms with Gasteiger partial charge in [-0.05, 0) is 23.6 Å². The van der Waals surface area contributed by atoms with Crippen molar-refractivity contribution in [3.05, 3.63) is 52.7 Å². The Hall–Kier alpha value is -2.58. The molecule has 6 nitrogen and oxygen atoms in total. The predicted molar refractivity (Wildman–Crippen MR) is 97.4 cm³/mol. The molecule has 0 aliphatic rings. The molecule has 0 bridgehead atoms. The number of benzene rings is 1. The van der Waals surface area contributed by atoms with Crippen LogP contribution >= 0.6 is 22.7 Å². The summed E-state index contributed by atoms with van der Waals surface area (Å²) in [6.45, 7) is 0.433. The van der Waals surface area contributed by atoms with E-state index in [1.54, 1.807) is 22.7 Å². The van der Waals surface area contributed by atoms with Crippen molar-refractivity contribution in [3.63, 3.8) is 0 Å². The zero-order valence-corrected chi connectivity index (χ0v) is 14.8. The van der Waals surface area contributed by atoms with Crippen LogP contribution in [-0.4, -0.2) is 21.0 Å². The van der Waals surface area contributed by atoms with Crippen LogP contribution < -0.4 is 5.32 Å². The highest BCUT2D eigenvalue weighted by Gasteiger charge is 2.11. The highest BCUT2D eigenvalue weighted by Crippen LogP contribution is 2.22. The minimum atomic E-state index is -0.0601. The van der Waals surface area contributed by atoms with Crippen LogP contribution in [0.4, 0.5) is 0 Å². The smallest absolute Gasteiger partial charge is 0.227 e. The lowest BCUT2D eigenvalue weighted by Gasteiger charge is -2.00. The molecule has 25 heavy (non-hydrogen) atoms. The molecule has 3 heterocycles. The molecule has 0 aliphatic heterocycles. The van der Waals surface area contributed by atoms with Crippen LogP contribution in [-0.2, 0) is 17.8 Å². The van der Waals surface area contributed by atoms with Crippen molar-refractivity contribution < 1.29 is 9.32 Å². The summed E-state index contributed by atoms with van der Waals surface area (Å²) in [5.41, 5.74) is 0.962. The lowest BCUT2D eigenvalue weighted by atomic mass is 10.3. The predicted octanol–water partition coefficient (Wildman–Crippen LogP) is 3.66. The molecule has 0 unspecified atom stereocenters. The maximum absolute atomic E-state index is 12.0. The Kier molecular flexibility index (Phi) is 4.53. The number of thiazole rings is 1. The number of nitrogens with zero attached hydrogens (tertiary/aromatic N) is 3. The van der Waals surface area contributed by atoms with Gasteiger partial charge in [-0.25, -0.2) is 4.98 Å². The summed E-state index contributed by atoms with van der Waals surface area (Å²) in [5.74, 6) is 0.980. The number of nitrogens with one attached hydrogen (secondary N) is 1. The largest absolute Gasteiger partial charge is 0.350 e. The number of para-hydroxylation sites is 1. The number of hydrogen-bond acceptors (Lipinski definition) is 7. The average Bonchev–Trinajstić information content (AvgIpc) is 3.37. The molecule has 4 rings (SSSR count). The van der Waals surface area contributed by atoms with E-state index in [4.69, 9.17) is 4.52 Å². The van der Waals surface area contributed by atoms with Gasteiger partial charge in [0.1, 0.15) is 5.01 Å². The lowest BCUT2D eigenvalue weighted by Crippen LogP contribution is -2.22. The van der Waals surface area contributed by atoms with Crippen molar-refractivity contribution in [3.8, 4) is 10.7 Å². The third-order valence-electron chi connectivity index (χ3n) is 3.55. The van der Waals surface area contributed by atoms with Crippen LogP contribution in [0.15, 0.2) is 46.3 Å². The Balaban J connectivity index is 1.29. The topological polar surface area (TPSA) is 80.9 Å². The van der Waals surface area contributed by atoms with Crippen LogP contribution in [0.1, 0.15) is 17.3 Å². The van der Waals surface area contributed by atoms with Gasteiger partial charge in [-0.15, -0.1) is 22.7 Å². The van der Waals surface area contributed by atoms with Crippen LogP contribution in [0, 0.1) is 0 Å². The van der Waals surface area contributed by atoms with E-state index < -0.39 is 0 Å². The fourth-order valence-electron chi connectivity index (χ4n) is 2.34. The molecule has 126 valence electrons. The van der Waals surface area contributed by atoms with E-state index >= 15 is 0 Å². The summed E-state index contributed by atoms with van der Waals surface area (Å²) in [7, 11) is 0. The van der Waals surface area contributed by atoms with Gasteiger partial charge >= 0.3 is 0 Å². The standard InChI is InChI=1S/C17H14N4O2S2/c22-14(18-10-16-19-11-4-1-2-5-12(11)25-16)7-8-15-20-17(21-23-15)13-6-3-9-24-13/h1-6,9H,7-8,10H2,(H,18,22). The average molecular weight is 370 g/mol. The number of carbonyl (C=O) groups is 1. The minimum Gasteiger partial charge on any atom is -0.350 e. The number of aryl methyl sites for hydroxylation is 1. The molecule has 0 atom stereocenters. The van der Waals surface area contributed by atoms with Crippen LogP contribution in [0.25, 0.3) is 20.9 Å². The van der Waals surface area contributed by atoms with Crippen molar-refractivity contribution in [2.45, 2.75) is 19.4 Å². The van der Waals surface area contributed by atoms with Gasteiger partial charge in [-0.2, -0.15) is 4.98 Å². The van der Waals surface area contributed by atoms with Crippen LogP contribution in [0.2, 0.25) is 0 Å². The summed E-state index contributed by atoms with van der Waals surface area (Å²) >= 11 is 3.14. The monoisotopic (exact) mass is 370 g/mol. The van der Waals surface area contributed by atoms with Crippen molar-refractivity contribution in [1.82, 2.24) is 20.4 Å². The number of carbonyl (C=O) groups excluding carboxylic acids is 1. The molecule has 3 aromatic heterocycles. The van der Waals surface area contributed by atoms with E-state index in [0.29, 0.717) is 31.1 Å². The molecule has 0 fully saturated rings. The Morgan fingerprint density at radius 3 is 2.92 bits per heavy atom. The van der Waals surface area contributed by atoms with Gasteiger partial charge in [0.2, 0.25) is 17.6 Å². The van der Waals surface area contributed by atoms with Gasteiger partial charge < -0.3 is 9.84 Å². The Morgan fingerprint density at radius 1 is 1.16 bits per heavy atom. The molecule has 0 saturated heterocycles. The van der Waals surface area contributed by atoms with E-state index in [1.807, 2.05) is 41.8 Å². The lowest BCUT2D eigenvalue weighted by molar-refractivity contribution is -0.121. The number of thiophene rings is 1. The molecule has 8 heteroatoms. The van der Waals surface area contributed by atoms with Gasteiger partial charge in [-0.1, -0.05) is 23.4 Å². The van der Waals surface area contributed by atoms with Crippen LogP contribution in [0.3, 0.4) is 0 Å². The fraction of sp³-hybridized carbons (Fsp3) is 0.176. The van der Waals surface area contributed by atoms with E-state index in [2.05, 4.69) is 20.4 Å². The number of rotatable bonds is 6. The number of hydrogen-bond donors (Lipinski definition) is 1. The van der Waals surface area contributed by atoms with Crippen molar-refractivity contribution >= 4 is 38.8 Å². The summed E-state index contributed by atoms with van der Waals surface area (Å²) in [6.07, 6.45) is 0.723. The molecule has 0 radical (unpaired) electrons. The first-order valence-corrected chi connectivity index (χ1v) is 9.45. The molecule has 4 aromatic rings. The molecule has 1 N–H and O–H groups in total. The van der Waals surface area contributed by atoms with Gasteiger partial charge in [0, 0.05) is 12.8 Å². The van der Waals surface area contributed by atoms with E-state index in [-0.39, 0.29) is 5.91 Å². The molecule has 0 aliphatic carbocycles. The zero-order chi connectivity index (χ0) is 17.1. The third-order valence-corrected chi connectivity index (χ3v) is 5.45. The first-order valence-electron chi connectivity index (χ1n) is 7.75. The quantitative estimate of drug-likeness (QED) is 0.560. The molecular formula is C17H14N4O2S2. The fourth-order valence-corrected chi connectivity index (χ4v) is 3.90. The maximum Gasteiger partial charge on any atom is 0.227 e. The van der Waals surface area contributed by atoms with Gasteiger partial charge in [-0.3, -0.25) is 4.79 Å². The first kappa shape index (κ1) is 15.9. The highest BCUT2D eigenvalue weighted by molar-refractivity contribution is 7.18. The van der Waals surface area contributed by atoms with Crippen molar-refractivity contribution in [1.29, 1.82) is 0 Å². The van der Waals surface area contributed by atoms with Gasteiger partial charge in [0.25, 0.3) is 0 Å². The second-order valence-electron chi connectivity index (χ2n) is 5.34. The SMILES string of the molecule is O=C(CCc1nc(-c2cccs2)no1)NCc1nc2ccccc2s1.